The van der Waals surface area contributed by atoms with Crippen molar-refractivity contribution in [3.05, 3.63) is 64.2 Å². The number of rotatable bonds is 7. The SMILES string of the molecule is O=Cc1ccc([N+](=O)[O-])c(OCCOc2ccccc2)c1. The summed E-state index contributed by atoms with van der Waals surface area (Å²) < 4.78 is 10.8. The van der Waals surface area contributed by atoms with Gasteiger partial charge in [0.15, 0.2) is 5.75 Å². The summed E-state index contributed by atoms with van der Waals surface area (Å²) >= 11 is 0. The van der Waals surface area contributed by atoms with Crippen LogP contribution in [0.25, 0.3) is 0 Å². The van der Waals surface area contributed by atoms with Crippen molar-refractivity contribution in [3.63, 3.8) is 0 Å². The van der Waals surface area contributed by atoms with E-state index in [4.69, 9.17) is 9.47 Å². The number of carbonyl (C=O) groups excluding carboxylic acids is 1. The monoisotopic (exact) mass is 287 g/mol. The molecule has 108 valence electrons. The number of carbonyl (C=O) groups is 1. The zero-order valence-electron chi connectivity index (χ0n) is 11.1. The molecule has 6 nitrogen and oxygen atoms in total. The normalized spacial score (nSPS) is 9.90. The van der Waals surface area contributed by atoms with Crippen molar-refractivity contribution >= 4 is 12.0 Å². The van der Waals surface area contributed by atoms with Crippen molar-refractivity contribution in [3.8, 4) is 11.5 Å². The molecule has 0 saturated carbocycles. The Kier molecular flexibility index (Phi) is 4.87. The lowest BCUT2D eigenvalue weighted by atomic mass is 10.2. The number of hydrogen-bond acceptors (Lipinski definition) is 5. The number of hydrogen-bond donors (Lipinski definition) is 0. The fraction of sp³-hybridized carbons (Fsp3) is 0.133. The van der Waals surface area contributed by atoms with Crippen LogP contribution < -0.4 is 9.47 Å². The Morgan fingerprint density at radius 1 is 1.05 bits per heavy atom. The van der Waals surface area contributed by atoms with Crippen molar-refractivity contribution in [2.45, 2.75) is 0 Å². The van der Waals surface area contributed by atoms with Gasteiger partial charge in [-0.05, 0) is 24.3 Å². The van der Waals surface area contributed by atoms with Gasteiger partial charge >= 0.3 is 5.69 Å². The van der Waals surface area contributed by atoms with Gasteiger partial charge in [-0.2, -0.15) is 0 Å². The zero-order chi connectivity index (χ0) is 15.1. The van der Waals surface area contributed by atoms with Crippen molar-refractivity contribution in [1.29, 1.82) is 0 Å². The number of nitrogens with zero attached hydrogens (tertiary/aromatic N) is 1. The molecule has 0 unspecified atom stereocenters. The van der Waals surface area contributed by atoms with Crippen LogP contribution in [-0.4, -0.2) is 24.4 Å². The summed E-state index contributed by atoms with van der Waals surface area (Å²) in [7, 11) is 0. The third kappa shape index (κ3) is 4.04. The van der Waals surface area contributed by atoms with Crippen LogP contribution in [0.1, 0.15) is 10.4 Å². The highest BCUT2D eigenvalue weighted by molar-refractivity contribution is 5.76. The van der Waals surface area contributed by atoms with Crippen LogP contribution in [0.5, 0.6) is 11.5 Å². The largest absolute Gasteiger partial charge is 0.490 e. The molecule has 0 N–H and O–H groups in total. The van der Waals surface area contributed by atoms with E-state index in [1.54, 1.807) is 12.1 Å². The lowest BCUT2D eigenvalue weighted by molar-refractivity contribution is -0.385. The van der Waals surface area contributed by atoms with E-state index >= 15 is 0 Å². The highest BCUT2D eigenvalue weighted by Crippen LogP contribution is 2.27. The number of para-hydroxylation sites is 1. The Morgan fingerprint density at radius 3 is 2.43 bits per heavy atom. The highest BCUT2D eigenvalue weighted by Gasteiger charge is 2.15. The molecule has 0 saturated heterocycles. The summed E-state index contributed by atoms with van der Waals surface area (Å²) in [5, 5.41) is 10.9. The molecule has 0 atom stereocenters. The van der Waals surface area contributed by atoms with E-state index in [-0.39, 0.29) is 24.7 Å². The Hall–Kier alpha value is -2.89. The Bertz CT molecular complexity index is 627. The quantitative estimate of drug-likeness (QED) is 0.338. The molecule has 0 bridgehead atoms. The van der Waals surface area contributed by atoms with Crippen LogP contribution in [0.4, 0.5) is 5.69 Å². The number of nitro benzene ring substituents is 1. The highest BCUT2D eigenvalue weighted by atomic mass is 16.6. The van der Waals surface area contributed by atoms with Crippen molar-refractivity contribution in [2.24, 2.45) is 0 Å². The molecule has 0 aromatic heterocycles. The summed E-state index contributed by atoms with van der Waals surface area (Å²) in [5.41, 5.74) is 0.139. The molecule has 2 aromatic carbocycles. The maximum absolute atomic E-state index is 10.9. The topological polar surface area (TPSA) is 78.7 Å². The molecule has 0 amide bonds. The van der Waals surface area contributed by atoms with Gasteiger partial charge in [0.1, 0.15) is 25.2 Å². The molecule has 0 fully saturated rings. The number of nitro groups is 1. The number of aldehydes is 1. The molecule has 6 heteroatoms. The minimum atomic E-state index is -0.554. The van der Waals surface area contributed by atoms with Gasteiger partial charge in [0, 0.05) is 11.6 Å². The fourth-order valence-electron chi connectivity index (χ4n) is 1.70. The van der Waals surface area contributed by atoms with Gasteiger partial charge in [-0.15, -0.1) is 0 Å². The smallest absolute Gasteiger partial charge is 0.310 e. The van der Waals surface area contributed by atoms with Gasteiger partial charge in [-0.1, -0.05) is 18.2 Å². The second-order valence-electron chi connectivity index (χ2n) is 4.11. The molecule has 0 radical (unpaired) electrons. The third-order valence-electron chi connectivity index (χ3n) is 2.67. The van der Waals surface area contributed by atoms with E-state index in [0.29, 0.717) is 17.6 Å². The molecule has 0 aliphatic carbocycles. The number of ether oxygens (including phenoxy) is 2. The minimum absolute atomic E-state index is 0.0567. The van der Waals surface area contributed by atoms with E-state index in [1.165, 1.54) is 18.2 Å². The Balaban J connectivity index is 1.95. The average Bonchev–Trinajstić information content (AvgIpc) is 2.52. The molecule has 21 heavy (non-hydrogen) atoms. The van der Waals surface area contributed by atoms with E-state index in [0.717, 1.165) is 0 Å². The fourth-order valence-corrected chi connectivity index (χ4v) is 1.70. The maximum atomic E-state index is 10.9. The molecule has 0 aliphatic rings. The first-order valence-corrected chi connectivity index (χ1v) is 6.25. The second-order valence-corrected chi connectivity index (χ2v) is 4.11. The van der Waals surface area contributed by atoms with E-state index < -0.39 is 4.92 Å². The van der Waals surface area contributed by atoms with Crippen LogP contribution in [0.3, 0.4) is 0 Å². The summed E-state index contributed by atoms with van der Waals surface area (Å²) in [6.45, 7) is 0.379. The molecule has 2 aromatic rings. The lowest BCUT2D eigenvalue weighted by Crippen LogP contribution is -2.10. The first-order valence-electron chi connectivity index (χ1n) is 6.25. The molecule has 0 heterocycles. The predicted octanol–water partition coefficient (Wildman–Crippen LogP) is 2.87. The van der Waals surface area contributed by atoms with Crippen LogP contribution in [-0.2, 0) is 0 Å². The third-order valence-corrected chi connectivity index (χ3v) is 2.67. The minimum Gasteiger partial charge on any atom is -0.490 e. The molecular weight excluding hydrogens is 274 g/mol. The summed E-state index contributed by atoms with van der Waals surface area (Å²) in [6, 6.07) is 13.1. The molecular formula is C15H13NO5. The lowest BCUT2D eigenvalue weighted by Gasteiger charge is -2.09. The summed E-state index contributed by atoms with van der Waals surface area (Å²) in [4.78, 5) is 21.0. The van der Waals surface area contributed by atoms with Gasteiger partial charge in [0.2, 0.25) is 0 Å². The Labute approximate surface area is 121 Å². The first kappa shape index (κ1) is 14.5. The van der Waals surface area contributed by atoms with Crippen LogP contribution >= 0.6 is 0 Å². The van der Waals surface area contributed by atoms with Gasteiger partial charge in [-0.25, -0.2) is 0 Å². The van der Waals surface area contributed by atoms with Crippen LogP contribution in [0.15, 0.2) is 48.5 Å². The Morgan fingerprint density at radius 2 is 1.76 bits per heavy atom. The summed E-state index contributed by atoms with van der Waals surface area (Å²) in [6.07, 6.45) is 0.608. The van der Waals surface area contributed by atoms with Crippen molar-refractivity contribution < 1.29 is 19.2 Å². The van der Waals surface area contributed by atoms with Crippen LogP contribution in [0, 0.1) is 10.1 Å². The molecule has 2 rings (SSSR count). The van der Waals surface area contributed by atoms with E-state index in [1.807, 2.05) is 18.2 Å². The van der Waals surface area contributed by atoms with E-state index in [2.05, 4.69) is 0 Å². The van der Waals surface area contributed by atoms with Gasteiger partial charge < -0.3 is 9.47 Å². The molecule has 0 spiro atoms. The predicted molar refractivity (Wildman–Crippen MR) is 75.9 cm³/mol. The van der Waals surface area contributed by atoms with Gasteiger partial charge in [-0.3, -0.25) is 14.9 Å². The average molecular weight is 287 g/mol. The van der Waals surface area contributed by atoms with Gasteiger partial charge in [0.25, 0.3) is 0 Å². The second kappa shape index (κ2) is 7.04. The van der Waals surface area contributed by atoms with E-state index in [9.17, 15) is 14.9 Å². The summed E-state index contributed by atoms with van der Waals surface area (Å²) in [5.74, 6) is 0.749. The zero-order valence-corrected chi connectivity index (χ0v) is 11.1. The van der Waals surface area contributed by atoms with Crippen LogP contribution in [0.2, 0.25) is 0 Å². The van der Waals surface area contributed by atoms with Crippen molar-refractivity contribution in [1.82, 2.24) is 0 Å². The first-order chi connectivity index (χ1) is 10.2. The number of benzene rings is 2. The molecule has 0 aliphatic heterocycles. The van der Waals surface area contributed by atoms with Crippen molar-refractivity contribution in [2.75, 3.05) is 13.2 Å². The maximum Gasteiger partial charge on any atom is 0.310 e. The van der Waals surface area contributed by atoms with Gasteiger partial charge in [0.05, 0.1) is 4.92 Å². The standard InChI is InChI=1S/C15H13NO5/c17-11-12-6-7-14(16(18)19)15(10-12)21-9-8-20-13-4-2-1-3-5-13/h1-7,10-11H,8-9H2.